The highest BCUT2D eigenvalue weighted by molar-refractivity contribution is 5.11. The van der Waals surface area contributed by atoms with Crippen LogP contribution in [0.5, 0.6) is 0 Å². The van der Waals surface area contributed by atoms with Gasteiger partial charge in [0.2, 0.25) is 0 Å². The molecule has 1 aliphatic rings. The zero-order chi connectivity index (χ0) is 15.7. The van der Waals surface area contributed by atoms with Gasteiger partial charge in [-0.3, -0.25) is 9.58 Å². The number of hydrogen-bond donors (Lipinski definition) is 0. The minimum Gasteiger partial charge on any atom is -0.379 e. The van der Waals surface area contributed by atoms with Crippen LogP contribution in [0.3, 0.4) is 0 Å². The SMILES string of the molecule is CO[C@@H]1CN(Cc2cncn2C(C)C)C[C@H]1c1cn(C)nn1. The van der Waals surface area contributed by atoms with Gasteiger partial charge in [-0.1, -0.05) is 5.21 Å². The predicted octanol–water partition coefficient (Wildman–Crippen LogP) is 1.21. The van der Waals surface area contributed by atoms with Crippen molar-refractivity contribution in [3.8, 4) is 0 Å². The second-order valence-corrected chi connectivity index (χ2v) is 6.28. The van der Waals surface area contributed by atoms with Gasteiger partial charge in [0.1, 0.15) is 0 Å². The van der Waals surface area contributed by atoms with Gasteiger partial charge in [0.15, 0.2) is 0 Å². The van der Waals surface area contributed by atoms with E-state index in [1.165, 1.54) is 5.69 Å². The number of rotatable bonds is 5. The van der Waals surface area contributed by atoms with E-state index in [-0.39, 0.29) is 12.0 Å². The number of methoxy groups -OCH3 is 1. The summed E-state index contributed by atoms with van der Waals surface area (Å²) < 4.78 is 9.64. The number of hydrogen-bond acceptors (Lipinski definition) is 5. The number of likely N-dealkylation sites (tertiary alicyclic amines) is 1. The lowest BCUT2D eigenvalue weighted by Crippen LogP contribution is -2.24. The van der Waals surface area contributed by atoms with Crippen LogP contribution < -0.4 is 0 Å². The molecule has 22 heavy (non-hydrogen) atoms. The molecule has 1 fully saturated rings. The monoisotopic (exact) mass is 304 g/mol. The third-order valence-electron chi connectivity index (χ3n) is 4.33. The molecule has 2 aromatic rings. The molecule has 0 bridgehead atoms. The Morgan fingerprint density at radius 2 is 2.18 bits per heavy atom. The summed E-state index contributed by atoms with van der Waals surface area (Å²) in [6.07, 6.45) is 6.01. The Morgan fingerprint density at radius 3 is 2.82 bits per heavy atom. The highest BCUT2D eigenvalue weighted by Gasteiger charge is 2.36. The van der Waals surface area contributed by atoms with Crippen molar-refractivity contribution < 1.29 is 4.74 Å². The third-order valence-corrected chi connectivity index (χ3v) is 4.33. The van der Waals surface area contributed by atoms with E-state index in [9.17, 15) is 0 Å². The fourth-order valence-electron chi connectivity index (χ4n) is 3.19. The summed E-state index contributed by atoms with van der Waals surface area (Å²) in [7, 11) is 3.67. The standard InChI is InChI=1S/C15H24N6O/c1-11(2)21-10-16-5-12(21)6-20-7-13(15(9-20)22-4)14-8-19(3)18-17-14/h5,8,10-11,13,15H,6-7,9H2,1-4H3/t13-,15+/m0/s1. The molecule has 1 aliphatic heterocycles. The van der Waals surface area contributed by atoms with E-state index in [0.717, 1.165) is 25.3 Å². The maximum absolute atomic E-state index is 5.67. The molecule has 3 heterocycles. The fourth-order valence-corrected chi connectivity index (χ4v) is 3.19. The van der Waals surface area contributed by atoms with E-state index in [4.69, 9.17) is 4.74 Å². The lowest BCUT2D eigenvalue weighted by Gasteiger charge is -2.18. The quantitative estimate of drug-likeness (QED) is 0.831. The Bertz CT molecular complexity index is 619. The highest BCUT2D eigenvalue weighted by Crippen LogP contribution is 2.29. The number of imidazole rings is 1. The van der Waals surface area contributed by atoms with E-state index >= 15 is 0 Å². The molecule has 120 valence electrons. The van der Waals surface area contributed by atoms with Gasteiger partial charge in [0, 0.05) is 58.1 Å². The lowest BCUT2D eigenvalue weighted by atomic mass is 10.0. The van der Waals surface area contributed by atoms with Gasteiger partial charge in [-0.05, 0) is 13.8 Å². The second kappa shape index (κ2) is 6.18. The van der Waals surface area contributed by atoms with Crippen LogP contribution >= 0.6 is 0 Å². The smallest absolute Gasteiger partial charge is 0.0951 e. The van der Waals surface area contributed by atoms with Crippen molar-refractivity contribution >= 4 is 0 Å². The Hall–Kier alpha value is -1.73. The molecule has 2 aromatic heterocycles. The minimum atomic E-state index is 0.159. The summed E-state index contributed by atoms with van der Waals surface area (Å²) in [5.41, 5.74) is 2.25. The van der Waals surface area contributed by atoms with Crippen LogP contribution in [0.25, 0.3) is 0 Å². The molecule has 0 saturated carbocycles. The van der Waals surface area contributed by atoms with Crippen LogP contribution in [0, 0.1) is 0 Å². The first-order valence-electron chi connectivity index (χ1n) is 7.70. The minimum absolute atomic E-state index is 0.159. The largest absolute Gasteiger partial charge is 0.379 e. The van der Waals surface area contributed by atoms with E-state index < -0.39 is 0 Å². The van der Waals surface area contributed by atoms with Crippen LogP contribution in [0.2, 0.25) is 0 Å². The van der Waals surface area contributed by atoms with Crippen LogP contribution in [0.4, 0.5) is 0 Å². The van der Waals surface area contributed by atoms with Crippen molar-refractivity contribution in [3.05, 3.63) is 30.1 Å². The number of aromatic nitrogens is 5. The van der Waals surface area contributed by atoms with Crippen molar-refractivity contribution in [3.63, 3.8) is 0 Å². The summed E-state index contributed by atoms with van der Waals surface area (Å²) >= 11 is 0. The first kappa shape index (κ1) is 15.2. The maximum atomic E-state index is 5.67. The Balaban J connectivity index is 1.73. The summed E-state index contributed by atoms with van der Waals surface area (Å²) in [5.74, 6) is 0.272. The summed E-state index contributed by atoms with van der Waals surface area (Å²) in [6.45, 7) is 7.07. The molecular formula is C15H24N6O. The van der Waals surface area contributed by atoms with E-state index in [0.29, 0.717) is 6.04 Å². The lowest BCUT2D eigenvalue weighted by molar-refractivity contribution is 0.0955. The number of ether oxygens (including phenoxy) is 1. The number of nitrogens with zero attached hydrogens (tertiary/aromatic N) is 6. The van der Waals surface area contributed by atoms with Crippen molar-refractivity contribution in [2.24, 2.45) is 7.05 Å². The van der Waals surface area contributed by atoms with Gasteiger partial charge in [-0.2, -0.15) is 0 Å². The molecule has 0 aromatic carbocycles. The average Bonchev–Trinajstić information content (AvgIpc) is 3.18. The molecule has 2 atom stereocenters. The summed E-state index contributed by atoms with van der Waals surface area (Å²) in [4.78, 5) is 6.69. The highest BCUT2D eigenvalue weighted by atomic mass is 16.5. The fraction of sp³-hybridized carbons (Fsp3) is 0.667. The molecular weight excluding hydrogens is 280 g/mol. The molecule has 0 amide bonds. The molecule has 7 heteroatoms. The zero-order valence-corrected chi connectivity index (χ0v) is 13.7. The van der Waals surface area contributed by atoms with Gasteiger partial charge < -0.3 is 9.30 Å². The molecule has 0 aliphatic carbocycles. The zero-order valence-electron chi connectivity index (χ0n) is 13.7. The molecule has 0 unspecified atom stereocenters. The summed E-state index contributed by atoms with van der Waals surface area (Å²) in [5, 5.41) is 8.31. The van der Waals surface area contributed by atoms with Crippen molar-refractivity contribution in [1.29, 1.82) is 0 Å². The third kappa shape index (κ3) is 2.91. The molecule has 0 N–H and O–H groups in total. The van der Waals surface area contributed by atoms with Crippen LogP contribution in [0.1, 0.15) is 37.2 Å². The van der Waals surface area contributed by atoms with E-state index in [1.807, 2.05) is 25.8 Å². The first-order valence-corrected chi connectivity index (χ1v) is 7.70. The second-order valence-electron chi connectivity index (χ2n) is 6.28. The van der Waals surface area contributed by atoms with Crippen molar-refractivity contribution in [2.45, 2.75) is 38.5 Å². The first-order chi connectivity index (χ1) is 10.6. The molecule has 0 spiro atoms. The van der Waals surface area contributed by atoms with Gasteiger partial charge in [-0.15, -0.1) is 5.10 Å². The van der Waals surface area contributed by atoms with Crippen molar-refractivity contribution in [2.75, 3.05) is 20.2 Å². The Morgan fingerprint density at radius 1 is 1.36 bits per heavy atom. The topological polar surface area (TPSA) is 61.0 Å². The Labute approximate surface area is 130 Å². The van der Waals surface area contributed by atoms with Gasteiger partial charge in [0.25, 0.3) is 0 Å². The normalized spacial score (nSPS) is 22.8. The van der Waals surface area contributed by atoms with Crippen LogP contribution in [-0.4, -0.2) is 55.7 Å². The van der Waals surface area contributed by atoms with Gasteiger partial charge >= 0.3 is 0 Å². The molecule has 3 rings (SSSR count). The van der Waals surface area contributed by atoms with Crippen LogP contribution in [-0.2, 0) is 18.3 Å². The van der Waals surface area contributed by atoms with E-state index in [1.54, 1.807) is 11.8 Å². The number of aryl methyl sites for hydroxylation is 1. The molecule has 7 nitrogen and oxygen atoms in total. The molecule has 0 radical (unpaired) electrons. The van der Waals surface area contributed by atoms with Gasteiger partial charge in [0.05, 0.1) is 23.8 Å². The Kier molecular flexibility index (Phi) is 4.26. The van der Waals surface area contributed by atoms with Crippen LogP contribution in [0.15, 0.2) is 18.7 Å². The maximum Gasteiger partial charge on any atom is 0.0951 e. The average molecular weight is 304 g/mol. The van der Waals surface area contributed by atoms with E-state index in [2.05, 4.69) is 38.6 Å². The predicted molar refractivity (Wildman–Crippen MR) is 82.4 cm³/mol. The molecule has 1 saturated heterocycles. The summed E-state index contributed by atoms with van der Waals surface area (Å²) in [6, 6.07) is 0.425. The van der Waals surface area contributed by atoms with Gasteiger partial charge in [-0.25, -0.2) is 4.98 Å². The van der Waals surface area contributed by atoms with Crippen molar-refractivity contribution in [1.82, 2.24) is 29.4 Å².